The summed E-state index contributed by atoms with van der Waals surface area (Å²) in [5.41, 5.74) is 0.956. The van der Waals surface area contributed by atoms with Crippen LogP contribution in [0, 0.1) is 17.1 Å². The van der Waals surface area contributed by atoms with Gasteiger partial charge in [-0.05, 0) is 11.6 Å². The smallest absolute Gasteiger partial charge is 0.144 e. The van der Waals surface area contributed by atoms with Crippen molar-refractivity contribution in [3.05, 3.63) is 29.1 Å². The molecule has 1 aliphatic heterocycles. The van der Waals surface area contributed by atoms with E-state index in [-0.39, 0.29) is 5.56 Å². The first kappa shape index (κ1) is 7.11. The molecule has 3 heteroatoms. The van der Waals surface area contributed by atoms with E-state index in [0.717, 1.165) is 12.0 Å². The monoisotopic (exact) mass is 163 g/mol. The molecule has 0 aromatic heterocycles. The second kappa shape index (κ2) is 2.49. The van der Waals surface area contributed by atoms with E-state index in [1.165, 1.54) is 6.07 Å². The number of nitrogens with zero attached hydrogens (tertiary/aromatic N) is 1. The fourth-order valence-electron chi connectivity index (χ4n) is 1.33. The lowest BCUT2D eigenvalue weighted by Crippen LogP contribution is -1.90. The Morgan fingerprint density at radius 2 is 2.33 bits per heavy atom. The Morgan fingerprint density at radius 3 is 3.08 bits per heavy atom. The van der Waals surface area contributed by atoms with Crippen molar-refractivity contribution in [2.75, 3.05) is 6.61 Å². The molecule has 0 radical (unpaired) electrons. The van der Waals surface area contributed by atoms with Crippen molar-refractivity contribution >= 4 is 0 Å². The van der Waals surface area contributed by atoms with Gasteiger partial charge in [-0.3, -0.25) is 0 Å². The first-order chi connectivity index (χ1) is 5.83. The maximum atomic E-state index is 12.9. The van der Waals surface area contributed by atoms with Crippen LogP contribution in [0.5, 0.6) is 5.75 Å². The second-order valence-electron chi connectivity index (χ2n) is 2.62. The normalized spacial score (nSPS) is 13.3. The number of hydrogen-bond acceptors (Lipinski definition) is 2. The molecule has 1 aromatic carbocycles. The van der Waals surface area contributed by atoms with Crippen LogP contribution in [0.1, 0.15) is 11.1 Å². The Morgan fingerprint density at radius 1 is 1.50 bits per heavy atom. The molecule has 0 fully saturated rings. The van der Waals surface area contributed by atoms with Crippen molar-refractivity contribution in [3.8, 4) is 11.8 Å². The van der Waals surface area contributed by atoms with Crippen LogP contribution in [0.15, 0.2) is 12.1 Å². The van der Waals surface area contributed by atoms with Gasteiger partial charge in [0.05, 0.1) is 6.61 Å². The number of benzene rings is 1. The van der Waals surface area contributed by atoms with Crippen LogP contribution in [0.25, 0.3) is 0 Å². The standard InChI is InChI=1S/C9H6FNO/c10-8-2-1-6-3-4-12-9(6)7(8)5-11/h1-2H,3-4H2. The van der Waals surface area contributed by atoms with Crippen LogP contribution < -0.4 is 4.74 Å². The lowest BCUT2D eigenvalue weighted by Gasteiger charge is -2.00. The highest BCUT2D eigenvalue weighted by molar-refractivity contribution is 5.51. The zero-order chi connectivity index (χ0) is 8.55. The molecule has 2 rings (SSSR count). The lowest BCUT2D eigenvalue weighted by molar-refractivity contribution is 0.354. The van der Waals surface area contributed by atoms with Crippen molar-refractivity contribution in [2.24, 2.45) is 0 Å². The van der Waals surface area contributed by atoms with Gasteiger partial charge in [0.1, 0.15) is 23.2 Å². The quantitative estimate of drug-likeness (QED) is 0.582. The molecular weight excluding hydrogens is 157 g/mol. The average molecular weight is 163 g/mol. The van der Waals surface area contributed by atoms with Crippen LogP contribution in [0.4, 0.5) is 4.39 Å². The molecule has 12 heavy (non-hydrogen) atoms. The van der Waals surface area contributed by atoms with Gasteiger partial charge in [-0.15, -0.1) is 0 Å². The first-order valence-corrected chi connectivity index (χ1v) is 3.67. The summed E-state index contributed by atoms with van der Waals surface area (Å²) in [5, 5.41) is 8.61. The van der Waals surface area contributed by atoms with E-state index >= 15 is 0 Å². The molecule has 0 bridgehead atoms. The van der Waals surface area contributed by atoms with Crippen molar-refractivity contribution in [2.45, 2.75) is 6.42 Å². The van der Waals surface area contributed by atoms with Gasteiger partial charge in [-0.1, -0.05) is 6.07 Å². The summed E-state index contributed by atoms with van der Waals surface area (Å²) < 4.78 is 18.1. The zero-order valence-electron chi connectivity index (χ0n) is 6.30. The third kappa shape index (κ3) is 0.850. The summed E-state index contributed by atoms with van der Waals surface area (Å²) >= 11 is 0. The van der Waals surface area contributed by atoms with Gasteiger partial charge in [-0.25, -0.2) is 4.39 Å². The Kier molecular flexibility index (Phi) is 1.47. The molecule has 0 saturated heterocycles. The van der Waals surface area contributed by atoms with E-state index in [2.05, 4.69) is 0 Å². The maximum Gasteiger partial charge on any atom is 0.144 e. The Balaban J connectivity index is 2.67. The van der Waals surface area contributed by atoms with Crippen molar-refractivity contribution in [1.29, 1.82) is 5.26 Å². The molecule has 2 nitrogen and oxygen atoms in total. The minimum atomic E-state index is -0.502. The van der Waals surface area contributed by atoms with Gasteiger partial charge in [0, 0.05) is 6.42 Å². The largest absolute Gasteiger partial charge is 0.491 e. The minimum absolute atomic E-state index is 0.0324. The molecule has 0 unspecified atom stereocenters. The van der Waals surface area contributed by atoms with Crippen LogP contribution >= 0.6 is 0 Å². The topological polar surface area (TPSA) is 33.0 Å². The molecule has 60 valence electrons. The zero-order valence-corrected chi connectivity index (χ0v) is 6.30. The van der Waals surface area contributed by atoms with Gasteiger partial charge in [0.25, 0.3) is 0 Å². The number of fused-ring (bicyclic) bond motifs is 1. The molecular formula is C9H6FNO. The highest BCUT2D eigenvalue weighted by atomic mass is 19.1. The molecule has 1 heterocycles. The molecule has 0 amide bonds. The molecule has 0 atom stereocenters. The molecule has 0 aliphatic carbocycles. The fourth-order valence-corrected chi connectivity index (χ4v) is 1.33. The molecule has 0 N–H and O–H groups in total. The third-order valence-corrected chi connectivity index (χ3v) is 1.92. The van der Waals surface area contributed by atoms with E-state index < -0.39 is 5.82 Å². The van der Waals surface area contributed by atoms with Crippen LogP contribution in [0.3, 0.4) is 0 Å². The number of nitriles is 1. The Bertz CT molecular complexity index is 368. The molecule has 0 spiro atoms. The van der Waals surface area contributed by atoms with Crippen molar-refractivity contribution in [3.63, 3.8) is 0 Å². The Labute approximate surface area is 69.2 Å². The molecule has 1 aromatic rings. The van der Waals surface area contributed by atoms with Gasteiger partial charge < -0.3 is 4.74 Å². The van der Waals surface area contributed by atoms with E-state index in [9.17, 15) is 4.39 Å². The summed E-state index contributed by atoms with van der Waals surface area (Å²) in [7, 11) is 0. The Hall–Kier alpha value is -1.56. The first-order valence-electron chi connectivity index (χ1n) is 3.67. The number of rotatable bonds is 0. The average Bonchev–Trinajstić information content (AvgIpc) is 2.52. The van der Waals surface area contributed by atoms with Gasteiger partial charge in [0.15, 0.2) is 0 Å². The third-order valence-electron chi connectivity index (χ3n) is 1.92. The number of ether oxygens (including phenoxy) is 1. The van der Waals surface area contributed by atoms with E-state index in [0.29, 0.717) is 12.4 Å². The second-order valence-corrected chi connectivity index (χ2v) is 2.62. The van der Waals surface area contributed by atoms with Crippen LogP contribution in [0.2, 0.25) is 0 Å². The van der Waals surface area contributed by atoms with Crippen LogP contribution in [-0.2, 0) is 6.42 Å². The summed E-state index contributed by atoms with van der Waals surface area (Å²) in [6.07, 6.45) is 0.768. The van der Waals surface area contributed by atoms with Gasteiger partial charge in [-0.2, -0.15) is 5.26 Å². The number of hydrogen-bond donors (Lipinski definition) is 0. The van der Waals surface area contributed by atoms with Gasteiger partial charge in [0.2, 0.25) is 0 Å². The number of halogens is 1. The highest BCUT2D eigenvalue weighted by Gasteiger charge is 2.19. The van der Waals surface area contributed by atoms with E-state index in [4.69, 9.17) is 10.00 Å². The summed E-state index contributed by atoms with van der Waals surface area (Å²) in [5.74, 6) is -0.0735. The minimum Gasteiger partial charge on any atom is -0.491 e. The molecule has 1 aliphatic rings. The predicted octanol–water partition coefficient (Wildman–Crippen LogP) is 1.63. The van der Waals surface area contributed by atoms with Crippen LogP contribution in [-0.4, -0.2) is 6.61 Å². The highest BCUT2D eigenvalue weighted by Crippen LogP contribution is 2.30. The lowest BCUT2D eigenvalue weighted by atomic mass is 10.1. The predicted molar refractivity (Wildman–Crippen MR) is 40.3 cm³/mol. The summed E-state index contributed by atoms with van der Waals surface area (Å²) in [4.78, 5) is 0. The fraction of sp³-hybridized carbons (Fsp3) is 0.222. The van der Waals surface area contributed by atoms with Crippen molar-refractivity contribution < 1.29 is 9.13 Å². The summed E-state index contributed by atoms with van der Waals surface area (Å²) in [6, 6.07) is 4.77. The summed E-state index contributed by atoms with van der Waals surface area (Å²) in [6.45, 7) is 0.549. The van der Waals surface area contributed by atoms with Crippen molar-refractivity contribution in [1.82, 2.24) is 0 Å². The van der Waals surface area contributed by atoms with Gasteiger partial charge >= 0.3 is 0 Å². The SMILES string of the molecule is N#Cc1c(F)ccc2c1OCC2. The maximum absolute atomic E-state index is 12.9. The van der Waals surface area contributed by atoms with E-state index in [1.54, 1.807) is 12.1 Å². The molecule has 0 saturated carbocycles. The van der Waals surface area contributed by atoms with E-state index in [1.807, 2.05) is 0 Å².